The van der Waals surface area contributed by atoms with Crippen LogP contribution in [0.4, 0.5) is 11.8 Å². The molecule has 11 heteroatoms. The summed E-state index contributed by atoms with van der Waals surface area (Å²) in [6.07, 6.45) is 5.45. The third kappa shape index (κ3) is 5.43. The van der Waals surface area contributed by atoms with Crippen molar-refractivity contribution in [3.8, 4) is 11.4 Å². The summed E-state index contributed by atoms with van der Waals surface area (Å²) < 4.78 is 17.9. The molecule has 33 heavy (non-hydrogen) atoms. The monoisotopic (exact) mass is 471 g/mol. The van der Waals surface area contributed by atoms with Gasteiger partial charge in [-0.1, -0.05) is 19.0 Å². The SMILES string of the molecule is CC(C)[C@H](CO)Nc1nc(N(C)CCCc2nc(-c3cccnc3)no2)nc2c1[S+]([O-])CC2. The lowest BCUT2D eigenvalue weighted by atomic mass is 10.1. The molecule has 176 valence electrons. The molecule has 0 saturated heterocycles. The van der Waals surface area contributed by atoms with Gasteiger partial charge in [-0.2, -0.15) is 9.97 Å². The van der Waals surface area contributed by atoms with Gasteiger partial charge in [-0.3, -0.25) is 4.98 Å². The van der Waals surface area contributed by atoms with Gasteiger partial charge in [0, 0.05) is 44.4 Å². The second kappa shape index (κ2) is 10.4. The van der Waals surface area contributed by atoms with E-state index in [1.54, 1.807) is 12.4 Å². The van der Waals surface area contributed by atoms with Gasteiger partial charge in [0.05, 0.1) is 12.6 Å². The first kappa shape index (κ1) is 23.4. The number of nitrogens with zero attached hydrogens (tertiary/aromatic N) is 6. The zero-order chi connectivity index (χ0) is 23.4. The molecule has 1 unspecified atom stereocenters. The Kier molecular flexibility index (Phi) is 7.41. The first-order valence-electron chi connectivity index (χ1n) is 11.1. The molecule has 0 aliphatic carbocycles. The maximum atomic E-state index is 12.5. The number of aliphatic hydroxyl groups excluding tert-OH is 1. The van der Waals surface area contributed by atoms with Crippen LogP contribution in [0.5, 0.6) is 0 Å². The highest BCUT2D eigenvalue weighted by molar-refractivity contribution is 7.91. The molecule has 4 rings (SSSR count). The molecule has 0 spiro atoms. The number of hydrogen-bond acceptors (Lipinski definition) is 10. The molecule has 1 aliphatic heterocycles. The number of aromatic nitrogens is 5. The van der Waals surface area contributed by atoms with Crippen molar-refractivity contribution in [2.45, 2.75) is 44.0 Å². The highest BCUT2D eigenvalue weighted by Gasteiger charge is 2.33. The van der Waals surface area contributed by atoms with Gasteiger partial charge in [0.25, 0.3) is 0 Å². The van der Waals surface area contributed by atoms with E-state index in [4.69, 9.17) is 4.52 Å². The van der Waals surface area contributed by atoms with Gasteiger partial charge in [0.15, 0.2) is 5.82 Å². The minimum absolute atomic E-state index is 0.0283. The van der Waals surface area contributed by atoms with Crippen LogP contribution in [0.15, 0.2) is 33.9 Å². The van der Waals surface area contributed by atoms with Crippen LogP contribution in [0, 0.1) is 5.92 Å². The lowest BCUT2D eigenvalue weighted by Gasteiger charge is -2.23. The van der Waals surface area contributed by atoms with E-state index in [1.165, 1.54) is 0 Å². The number of aryl methyl sites for hydroxylation is 2. The third-order valence-corrected chi connectivity index (χ3v) is 7.07. The number of rotatable bonds is 10. The Bertz CT molecular complexity index is 1060. The van der Waals surface area contributed by atoms with Gasteiger partial charge < -0.3 is 24.4 Å². The molecule has 10 nitrogen and oxygen atoms in total. The van der Waals surface area contributed by atoms with Crippen LogP contribution in [0.3, 0.4) is 0 Å². The quantitative estimate of drug-likeness (QED) is 0.423. The predicted octanol–water partition coefficient (Wildman–Crippen LogP) is 2.08. The molecule has 0 saturated carbocycles. The number of nitrogens with one attached hydrogen (secondary N) is 1. The van der Waals surface area contributed by atoms with Crippen molar-refractivity contribution in [2.24, 2.45) is 5.92 Å². The number of hydrogen-bond donors (Lipinski definition) is 2. The third-order valence-electron chi connectivity index (χ3n) is 5.61. The highest BCUT2D eigenvalue weighted by atomic mass is 32.2. The fraction of sp³-hybridized carbons (Fsp3) is 0.500. The van der Waals surface area contributed by atoms with Crippen molar-refractivity contribution >= 4 is 22.9 Å². The van der Waals surface area contributed by atoms with Crippen molar-refractivity contribution in [1.29, 1.82) is 0 Å². The summed E-state index contributed by atoms with van der Waals surface area (Å²) in [6.45, 7) is 4.70. The molecular formula is C22H29N7O3S. The fourth-order valence-corrected chi connectivity index (χ4v) is 4.90. The van der Waals surface area contributed by atoms with Crippen LogP contribution >= 0.6 is 0 Å². The minimum atomic E-state index is -1.13. The second-order valence-corrected chi connectivity index (χ2v) is 9.91. The Morgan fingerprint density at radius 3 is 2.88 bits per heavy atom. The maximum Gasteiger partial charge on any atom is 0.227 e. The molecule has 2 N–H and O–H groups in total. The Morgan fingerprint density at radius 2 is 2.15 bits per heavy atom. The summed E-state index contributed by atoms with van der Waals surface area (Å²) in [5, 5.41) is 17.1. The Labute approximate surface area is 196 Å². The molecule has 3 aromatic rings. The van der Waals surface area contributed by atoms with Crippen molar-refractivity contribution < 1.29 is 14.2 Å². The second-order valence-electron chi connectivity index (χ2n) is 8.40. The van der Waals surface area contributed by atoms with Gasteiger partial charge in [-0.15, -0.1) is 0 Å². The van der Waals surface area contributed by atoms with Crippen molar-refractivity contribution in [3.05, 3.63) is 36.1 Å². The van der Waals surface area contributed by atoms with Crippen LogP contribution < -0.4 is 10.2 Å². The predicted molar refractivity (Wildman–Crippen MR) is 125 cm³/mol. The molecule has 0 radical (unpaired) electrons. The van der Waals surface area contributed by atoms with Crippen LogP contribution in [-0.4, -0.2) is 66.7 Å². The van der Waals surface area contributed by atoms with Crippen LogP contribution in [0.2, 0.25) is 0 Å². The Morgan fingerprint density at radius 1 is 1.30 bits per heavy atom. The lowest BCUT2D eigenvalue weighted by molar-refractivity contribution is 0.248. The van der Waals surface area contributed by atoms with Crippen LogP contribution in [0.25, 0.3) is 11.4 Å². The average molecular weight is 472 g/mol. The normalized spacial score (nSPS) is 16.1. The molecular weight excluding hydrogens is 442 g/mol. The molecule has 3 aromatic heterocycles. The Balaban J connectivity index is 1.42. The van der Waals surface area contributed by atoms with Gasteiger partial charge in [0.1, 0.15) is 11.4 Å². The molecule has 1 aliphatic rings. The molecule has 4 heterocycles. The van der Waals surface area contributed by atoms with E-state index < -0.39 is 11.2 Å². The zero-order valence-electron chi connectivity index (χ0n) is 19.1. The highest BCUT2D eigenvalue weighted by Crippen LogP contribution is 2.33. The number of anilines is 2. The summed E-state index contributed by atoms with van der Waals surface area (Å²) >= 11 is -1.13. The maximum absolute atomic E-state index is 12.5. The van der Waals surface area contributed by atoms with Gasteiger partial charge in [-0.25, -0.2) is 4.98 Å². The van der Waals surface area contributed by atoms with Gasteiger partial charge >= 0.3 is 0 Å². The fourth-order valence-electron chi connectivity index (χ4n) is 3.59. The van der Waals surface area contributed by atoms with E-state index in [1.807, 2.05) is 37.9 Å². The molecule has 0 bridgehead atoms. The number of fused-ring (bicyclic) bond motifs is 1. The van der Waals surface area contributed by atoms with Crippen molar-refractivity contribution in [3.63, 3.8) is 0 Å². The van der Waals surface area contributed by atoms with Crippen molar-refractivity contribution in [2.75, 3.05) is 36.2 Å². The number of pyridine rings is 1. The minimum Gasteiger partial charge on any atom is -0.611 e. The van der Waals surface area contributed by atoms with E-state index in [0.717, 1.165) is 17.7 Å². The van der Waals surface area contributed by atoms with E-state index in [0.29, 0.717) is 53.5 Å². The van der Waals surface area contributed by atoms with E-state index in [-0.39, 0.29) is 18.6 Å². The average Bonchev–Trinajstić information content (AvgIpc) is 3.44. The molecule has 0 fully saturated rings. The van der Waals surface area contributed by atoms with Gasteiger partial charge in [-0.05, 0) is 35.6 Å². The van der Waals surface area contributed by atoms with E-state index in [2.05, 4.69) is 30.4 Å². The molecule has 2 atom stereocenters. The lowest BCUT2D eigenvalue weighted by Crippen LogP contribution is -2.31. The van der Waals surface area contributed by atoms with E-state index >= 15 is 0 Å². The first-order chi connectivity index (χ1) is 16.0. The summed E-state index contributed by atoms with van der Waals surface area (Å²) in [5.74, 6) is 2.97. The summed E-state index contributed by atoms with van der Waals surface area (Å²) in [4.78, 5) is 20.5. The molecule has 0 amide bonds. The summed E-state index contributed by atoms with van der Waals surface area (Å²) in [6, 6.07) is 3.55. The van der Waals surface area contributed by atoms with Crippen LogP contribution in [0.1, 0.15) is 31.9 Å². The van der Waals surface area contributed by atoms with Crippen LogP contribution in [-0.2, 0) is 24.0 Å². The van der Waals surface area contributed by atoms with E-state index in [9.17, 15) is 9.66 Å². The zero-order valence-corrected chi connectivity index (χ0v) is 19.9. The Hall–Kier alpha value is -2.76. The topological polar surface area (TPSA) is 136 Å². The van der Waals surface area contributed by atoms with Gasteiger partial charge in [0.2, 0.25) is 22.6 Å². The molecule has 0 aromatic carbocycles. The number of aliphatic hydroxyl groups is 1. The summed E-state index contributed by atoms with van der Waals surface area (Å²) in [5.41, 5.74) is 1.63. The summed E-state index contributed by atoms with van der Waals surface area (Å²) in [7, 11) is 1.93. The van der Waals surface area contributed by atoms with Crippen molar-refractivity contribution in [1.82, 2.24) is 25.1 Å². The first-order valence-corrected chi connectivity index (χ1v) is 12.4. The standard InChI is InChI=1S/C22H29N7O3S/c1-14(2)17(13-30)24-21-19-16(8-11-33(19)31)25-22(27-21)29(3)10-5-7-18-26-20(28-32-18)15-6-4-9-23-12-15/h4,6,9,12,14,17,30H,5,7-8,10-11,13H2,1-3H3,(H,24,25,27)/t17-,33?/m0/s1. The largest absolute Gasteiger partial charge is 0.611 e. The smallest absolute Gasteiger partial charge is 0.227 e.